The summed E-state index contributed by atoms with van der Waals surface area (Å²) in [5, 5.41) is 2.99. The molecular formula is C15H14ClN3O4. The summed E-state index contributed by atoms with van der Waals surface area (Å²) in [7, 11) is 1.47. The number of carbonyl (C=O) groups excluding carboxylic acids is 2. The van der Waals surface area contributed by atoms with E-state index in [-0.39, 0.29) is 5.69 Å². The number of rotatable bonds is 5. The van der Waals surface area contributed by atoms with E-state index in [1.54, 1.807) is 19.1 Å². The molecule has 0 aliphatic carbocycles. The highest BCUT2D eigenvalue weighted by Gasteiger charge is 2.13. The monoisotopic (exact) mass is 335 g/mol. The van der Waals surface area contributed by atoms with Crippen molar-refractivity contribution in [1.82, 2.24) is 9.97 Å². The Morgan fingerprint density at radius 3 is 2.70 bits per heavy atom. The number of anilines is 1. The van der Waals surface area contributed by atoms with E-state index in [1.807, 2.05) is 0 Å². The van der Waals surface area contributed by atoms with Crippen LogP contribution < -0.4 is 10.1 Å². The summed E-state index contributed by atoms with van der Waals surface area (Å²) in [6.45, 7) is 1.28. The zero-order chi connectivity index (χ0) is 16.8. The molecule has 23 heavy (non-hydrogen) atoms. The molecule has 0 saturated carbocycles. The molecule has 7 nitrogen and oxygen atoms in total. The molecule has 1 amide bonds. The van der Waals surface area contributed by atoms with E-state index in [1.165, 1.54) is 25.6 Å². The third-order valence-corrected chi connectivity index (χ3v) is 3.00. The first kappa shape index (κ1) is 16.7. The number of nitrogens with zero attached hydrogens (tertiary/aromatic N) is 2. The van der Waals surface area contributed by atoms with Crippen molar-refractivity contribution < 1.29 is 19.1 Å². The molecule has 1 heterocycles. The molecule has 0 unspecified atom stereocenters. The van der Waals surface area contributed by atoms with Crippen LogP contribution in [0, 0.1) is 6.92 Å². The summed E-state index contributed by atoms with van der Waals surface area (Å²) in [4.78, 5) is 31.4. The van der Waals surface area contributed by atoms with Crippen molar-refractivity contribution in [1.29, 1.82) is 0 Å². The second-order valence-electron chi connectivity index (χ2n) is 4.51. The Labute approximate surface area is 137 Å². The lowest BCUT2D eigenvalue weighted by molar-refractivity contribution is -0.119. The Kier molecular flexibility index (Phi) is 5.48. The second-order valence-corrected chi connectivity index (χ2v) is 4.95. The molecule has 1 aromatic carbocycles. The number of nitrogens with one attached hydrogen (secondary N) is 1. The van der Waals surface area contributed by atoms with Crippen LogP contribution in [0.5, 0.6) is 5.75 Å². The van der Waals surface area contributed by atoms with Gasteiger partial charge in [-0.15, -0.1) is 0 Å². The summed E-state index contributed by atoms with van der Waals surface area (Å²) in [6.07, 6.45) is 2.73. The Hall–Kier alpha value is -2.67. The number of aromatic nitrogens is 2. The minimum absolute atomic E-state index is 0.0312. The van der Waals surface area contributed by atoms with Crippen molar-refractivity contribution in [3.8, 4) is 5.75 Å². The molecule has 0 bridgehead atoms. The van der Waals surface area contributed by atoms with Gasteiger partial charge in [0, 0.05) is 11.2 Å². The predicted molar refractivity (Wildman–Crippen MR) is 83.7 cm³/mol. The number of hydrogen-bond donors (Lipinski definition) is 1. The number of carbonyl (C=O) groups is 2. The van der Waals surface area contributed by atoms with E-state index < -0.39 is 18.5 Å². The number of ether oxygens (including phenoxy) is 2. The van der Waals surface area contributed by atoms with Crippen molar-refractivity contribution in [3.05, 3.63) is 47.0 Å². The average Bonchev–Trinajstić information content (AvgIpc) is 2.53. The number of aryl methyl sites for hydroxylation is 1. The van der Waals surface area contributed by atoms with Crippen LogP contribution in [-0.4, -0.2) is 35.6 Å². The van der Waals surface area contributed by atoms with Gasteiger partial charge in [0.15, 0.2) is 12.3 Å². The molecule has 0 saturated heterocycles. The first-order valence-electron chi connectivity index (χ1n) is 6.58. The number of hydrogen-bond acceptors (Lipinski definition) is 6. The number of benzene rings is 1. The number of esters is 1. The molecule has 0 aliphatic rings. The molecule has 0 atom stereocenters. The van der Waals surface area contributed by atoms with Crippen LogP contribution in [0.3, 0.4) is 0 Å². The van der Waals surface area contributed by atoms with Crippen LogP contribution in [0.4, 0.5) is 5.69 Å². The third kappa shape index (κ3) is 4.65. The fraction of sp³-hybridized carbons (Fsp3) is 0.200. The van der Waals surface area contributed by atoms with Crippen molar-refractivity contribution in [2.24, 2.45) is 0 Å². The smallest absolute Gasteiger partial charge is 0.359 e. The van der Waals surface area contributed by atoms with E-state index in [4.69, 9.17) is 21.1 Å². The molecule has 1 aromatic heterocycles. The lowest BCUT2D eigenvalue weighted by Crippen LogP contribution is -2.21. The van der Waals surface area contributed by atoms with Gasteiger partial charge in [-0.25, -0.2) is 9.78 Å². The first-order valence-corrected chi connectivity index (χ1v) is 6.96. The maximum absolute atomic E-state index is 11.9. The average molecular weight is 336 g/mol. The largest absolute Gasteiger partial charge is 0.495 e. The van der Waals surface area contributed by atoms with Gasteiger partial charge in [0.1, 0.15) is 5.75 Å². The predicted octanol–water partition coefficient (Wildman–Crippen LogP) is 2.24. The van der Waals surface area contributed by atoms with Crippen LogP contribution >= 0.6 is 11.6 Å². The summed E-state index contributed by atoms with van der Waals surface area (Å²) >= 11 is 5.87. The molecule has 8 heteroatoms. The van der Waals surface area contributed by atoms with Crippen LogP contribution in [0.25, 0.3) is 0 Å². The van der Waals surface area contributed by atoms with Gasteiger partial charge >= 0.3 is 5.97 Å². The van der Waals surface area contributed by atoms with E-state index >= 15 is 0 Å². The van der Waals surface area contributed by atoms with Crippen LogP contribution in [0.1, 0.15) is 16.2 Å². The lowest BCUT2D eigenvalue weighted by Gasteiger charge is -2.10. The minimum atomic E-state index is -0.731. The van der Waals surface area contributed by atoms with E-state index in [2.05, 4.69) is 15.3 Å². The third-order valence-electron chi connectivity index (χ3n) is 2.76. The minimum Gasteiger partial charge on any atom is -0.495 e. The standard InChI is InChI=1S/C15H14ClN3O4/c1-9-6-18-12(7-17-9)15(21)23-8-14(20)19-11-5-10(16)3-4-13(11)22-2/h3-7H,8H2,1-2H3,(H,19,20). The normalized spacial score (nSPS) is 10.0. The highest BCUT2D eigenvalue weighted by atomic mass is 35.5. The fourth-order valence-corrected chi connectivity index (χ4v) is 1.84. The molecule has 0 fully saturated rings. The van der Waals surface area contributed by atoms with Gasteiger partial charge in [0.2, 0.25) is 0 Å². The Bertz CT molecular complexity index is 719. The highest BCUT2D eigenvalue weighted by molar-refractivity contribution is 6.31. The second kappa shape index (κ2) is 7.55. The van der Waals surface area contributed by atoms with Crippen LogP contribution in [0.2, 0.25) is 5.02 Å². The number of methoxy groups -OCH3 is 1. The van der Waals surface area contributed by atoms with E-state index in [9.17, 15) is 9.59 Å². The zero-order valence-electron chi connectivity index (χ0n) is 12.5. The maximum Gasteiger partial charge on any atom is 0.359 e. The molecule has 0 spiro atoms. The molecule has 0 radical (unpaired) electrons. The molecule has 0 aliphatic heterocycles. The topological polar surface area (TPSA) is 90.4 Å². The molecular weight excluding hydrogens is 322 g/mol. The van der Waals surface area contributed by atoms with Crippen molar-refractivity contribution in [3.63, 3.8) is 0 Å². The van der Waals surface area contributed by atoms with Gasteiger partial charge < -0.3 is 14.8 Å². The van der Waals surface area contributed by atoms with Crippen molar-refractivity contribution >= 4 is 29.2 Å². The van der Waals surface area contributed by atoms with Gasteiger partial charge in [-0.05, 0) is 25.1 Å². The Morgan fingerprint density at radius 2 is 2.04 bits per heavy atom. The van der Waals surface area contributed by atoms with E-state index in [0.717, 1.165) is 0 Å². The maximum atomic E-state index is 11.9. The highest BCUT2D eigenvalue weighted by Crippen LogP contribution is 2.27. The Balaban J connectivity index is 1.94. The molecule has 1 N–H and O–H groups in total. The van der Waals surface area contributed by atoms with Crippen molar-refractivity contribution in [2.45, 2.75) is 6.92 Å². The van der Waals surface area contributed by atoms with Gasteiger partial charge in [-0.3, -0.25) is 9.78 Å². The molecule has 2 aromatic rings. The summed E-state index contributed by atoms with van der Waals surface area (Å²) in [5.41, 5.74) is 1.09. The first-order chi connectivity index (χ1) is 11.0. The summed E-state index contributed by atoms with van der Waals surface area (Å²) < 4.78 is 9.99. The van der Waals surface area contributed by atoms with Crippen LogP contribution in [0.15, 0.2) is 30.6 Å². The van der Waals surface area contributed by atoms with Crippen molar-refractivity contribution in [2.75, 3.05) is 19.0 Å². The van der Waals surface area contributed by atoms with Gasteiger partial charge in [-0.1, -0.05) is 11.6 Å². The SMILES string of the molecule is COc1ccc(Cl)cc1NC(=O)COC(=O)c1cnc(C)cn1. The summed E-state index contributed by atoms with van der Waals surface area (Å²) in [6, 6.07) is 4.78. The van der Waals surface area contributed by atoms with Crippen LogP contribution in [-0.2, 0) is 9.53 Å². The van der Waals surface area contributed by atoms with Gasteiger partial charge in [0.05, 0.1) is 24.7 Å². The quantitative estimate of drug-likeness (QED) is 0.843. The number of halogens is 1. The summed E-state index contributed by atoms with van der Waals surface area (Å²) in [5.74, 6) is -0.817. The number of amides is 1. The van der Waals surface area contributed by atoms with E-state index in [0.29, 0.717) is 22.2 Å². The lowest BCUT2D eigenvalue weighted by atomic mass is 10.3. The Morgan fingerprint density at radius 1 is 1.26 bits per heavy atom. The molecule has 2 rings (SSSR count). The zero-order valence-corrected chi connectivity index (χ0v) is 13.3. The molecule has 120 valence electrons. The fourth-order valence-electron chi connectivity index (χ4n) is 1.67. The van der Waals surface area contributed by atoms with Gasteiger partial charge in [-0.2, -0.15) is 0 Å². The van der Waals surface area contributed by atoms with Gasteiger partial charge in [0.25, 0.3) is 5.91 Å².